The lowest BCUT2D eigenvalue weighted by molar-refractivity contribution is 0.0506. The fourth-order valence-electron chi connectivity index (χ4n) is 3.61. The van der Waals surface area contributed by atoms with Crippen molar-refractivity contribution < 1.29 is 9.09 Å². The molecule has 2 aromatic rings. The van der Waals surface area contributed by atoms with Gasteiger partial charge in [-0.2, -0.15) is 0 Å². The van der Waals surface area contributed by atoms with Crippen LogP contribution in [0.25, 0.3) is 0 Å². The van der Waals surface area contributed by atoms with E-state index in [4.69, 9.17) is 4.52 Å². The van der Waals surface area contributed by atoms with Gasteiger partial charge >= 0.3 is 7.52 Å². The fraction of sp³-hybridized carbons (Fsp3) is 0.526. The van der Waals surface area contributed by atoms with Gasteiger partial charge in [0.15, 0.2) is 5.13 Å². The quantitative estimate of drug-likeness (QED) is 0.670. The Labute approximate surface area is 154 Å². The van der Waals surface area contributed by atoms with E-state index in [2.05, 4.69) is 30.8 Å². The summed E-state index contributed by atoms with van der Waals surface area (Å²) in [6.45, 7) is 6.73. The predicted molar refractivity (Wildman–Crippen MR) is 106 cm³/mol. The summed E-state index contributed by atoms with van der Waals surface area (Å²) in [5.74, 6) is 1.55. The third kappa shape index (κ3) is 4.52. The normalized spacial score (nSPS) is 26.3. The number of hydrogen-bond acceptors (Lipinski definition) is 4. The summed E-state index contributed by atoms with van der Waals surface area (Å²) in [4.78, 5) is 4.24. The molecular weight excluding hydrogens is 351 g/mol. The summed E-state index contributed by atoms with van der Waals surface area (Å²) in [6.07, 6.45) is 5.02. The van der Waals surface area contributed by atoms with Crippen LogP contribution in [-0.2, 0) is 9.09 Å². The number of rotatable bonds is 6. The lowest BCUT2D eigenvalue weighted by Gasteiger charge is -2.38. The molecule has 136 valence electrons. The third-order valence-corrected chi connectivity index (χ3v) is 7.91. The Morgan fingerprint density at radius 1 is 1.28 bits per heavy atom. The summed E-state index contributed by atoms with van der Waals surface area (Å²) in [6, 6.07) is 9.48. The molecule has 0 aliphatic heterocycles. The molecule has 0 amide bonds. The minimum absolute atomic E-state index is 0.00208. The van der Waals surface area contributed by atoms with Crippen molar-refractivity contribution in [2.45, 2.75) is 46.1 Å². The van der Waals surface area contributed by atoms with Crippen LogP contribution in [0.2, 0.25) is 0 Å². The van der Waals surface area contributed by atoms with Crippen LogP contribution in [0.1, 0.15) is 40.0 Å². The minimum atomic E-state index is -3.23. The van der Waals surface area contributed by atoms with Crippen molar-refractivity contribution in [3.8, 4) is 0 Å². The van der Waals surface area contributed by atoms with Gasteiger partial charge in [0, 0.05) is 11.6 Å². The number of thiazole rings is 1. The van der Waals surface area contributed by atoms with Gasteiger partial charge in [-0.25, -0.2) is 4.98 Å². The first-order chi connectivity index (χ1) is 12.0. The van der Waals surface area contributed by atoms with Crippen LogP contribution < -0.4 is 10.4 Å². The van der Waals surface area contributed by atoms with E-state index in [9.17, 15) is 4.57 Å². The van der Waals surface area contributed by atoms with Crippen LogP contribution in [-0.4, -0.2) is 11.1 Å². The van der Waals surface area contributed by atoms with Gasteiger partial charge < -0.3 is 4.52 Å². The Balaban J connectivity index is 1.90. The van der Waals surface area contributed by atoms with Gasteiger partial charge in [-0.15, -0.1) is 11.3 Å². The zero-order valence-electron chi connectivity index (χ0n) is 15.1. The molecule has 0 bridgehead atoms. The molecule has 1 aliphatic carbocycles. The van der Waals surface area contributed by atoms with Gasteiger partial charge in [0.1, 0.15) is 0 Å². The number of anilines is 1. The molecule has 1 aliphatic rings. The van der Waals surface area contributed by atoms with Gasteiger partial charge in [-0.3, -0.25) is 9.65 Å². The molecule has 1 fully saturated rings. The first-order valence-corrected chi connectivity index (χ1v) is 11.5. The van der Waals surface area contributed by atoms with E-state index in [1.165, 1.54) is 17.8 Å². The first-order valence-electron chi connectivity index (χ1n) is 9.00. The van der Waals surface area contributed by atoms with E-state index in [1.54, 1.807) is 6.20 Å². The van der Waals surface area contributed by atoms with Crippen LogP contribution in [0.5, 0.6) is 0 Å². The molecule has 1 saturated carbocycles. The van der Waals surface area contributed by atoms with Gasteiger partial charge in [0.25, 0.3) is 0 Å². The number of hydrogen-bond donors (Lipinski definition) is 1. The first kappa shape index (κ1) is 18.6. The Morgan fingerprint density at radius 2 is 2.04 bits per heavy atom. The van der Waals surface area contributed by atoms with E-state index in [0.29, 0.717) is 28.2 Å². The standard InChI is InChI=1S/C19H27N2O2PS/c1-14(2)17-10-9-15(3)13-18(17)23-24(22,16-7-5-4-6-8-16)21-19-20-11-12-25-19/h4-8,11-12,14-15,17-18H,9-10,13H2,1-3H3,(H,20,21,22)/t15-,17+,18+,24-/m0/s1. The molecule has 4 atom stereocenters. The number of nitrogens with one attached hydrogen (secondary N) is 1. The van der Waals surface area contributed by atoms with E-state index >= 15 is 0 Å². The van der Waals surface area contributed by atoms with Gasteiger partial charge in [-0.1, -0.05) is 45.4 Å². The second-order valence-electron chi connectivity index (χ2n) is 7.31. The summed E-state index contributed by atoms with van der Waals surface area (Å²) in [7, 11) is -3.23. The molecule has 3 rings (SSSR count). The second-order valence-corrected chi connectivity index (χ2v) is 10.3. The van der Waals surface area contributed by atoms with E-state index in [0.717, 1.165) is 12.8 Å². The molecule has 1 aromatic heterocycles. The lowest BCUT2D eigenvalue weighted by Crippen LogP contribution is -2.35. The third-order valence-electron chi connectivity index (χ3n) is 5.02. The summed E-state index contributed by atoms with van der Waals surface area (Å²) in [5.41, 5.74) is 0. The van der Waals surface area contributed by atoms with Crippen molar-refractivity contribution in [2.24, 2.45) is 17.8 Å². The largest absolute Gasteiger partial charge is 0.326 e. The van der Waals surface area contributed by atoms with E-state index in [-0.39, 0.29) is 6.10 Å². The number of aromatic nitrogens is 1. The average Bonchev–Trinajstić information content (AvgIpc) is 3.08. The maximum atomic E-state index is 13.9. The molecule has 25 heavy (non-hydrogen) atoms. The van der Waals surface area contributed by atoms with Crippen LogP contribution in [0.4, 0.5) is 5.13 Å². The molecule has 0 unspecified atom stereocenters. The van der Waals surface area contributed by atoms with E-state index < -0.39 is 7.52 Å². The Kier molecular flexibility index (Phi) is 5.98. The summed E-state index contributed by atoms with van der Waals surface area (Å²) in [5, 5.41) is 6.32. The Bertz CT molecular complexity index is 705. The highest BCUT2D eigenvalue weighted by atomic mass is 32.1. The van der Waals surface area contributed by atoms with Gasteiger partial charge in [-0.05, 0) is 42.7 Å². The molecule has 1 aromatic carbocycles. The molecule has 0 spiro atoms. The van der Waals surface area contributed by atoms with Gasteiger partial charge in [0.05, 0.1) is 11.4 Å². The smallest absolute Gasteiger partial charge is 0.306 e. The van der Waals surface area contributed by atoms with Crippen molar-refractivity contribution >= 4 is 29.3 Å². The molecule has 0 radical (unpaired) electrons. The maximum absolute atomic E-state index is 13.9. The monoisotopic (exact) mass is 378 g/mol. The topological polar surface area (TPSA) is 51.2 Å². The zero-order chi connectivity index (χ0) is 17.9. The van der Waals surface area contributed by atoms with Crippen molar-refractivity contribution in [3.05, 3.63) is 41.9 Å². The molecule has 0 saturated heterocycles. The SMILES string of the molecule is CC(C)[C@H]1CC[C@H](C)C[C@H]1O[P@](=O)(Nc1nccs1)c1ccccc1. The minimum Gasteiger partial charge on any atom is -0.306 e. The molecule has 1 N–H and O–H groups in total. The van der Waals surface area contributed by atoms with Crippen LogP contribution in [0, 0.1) is 17.8 Å². The number of nitrogens with zero attached hydrogens (tertiary/aromatic N) is 1. The highest BCUT2D eigenvalue weighted by Crippen LogP contribution is 2.51. The highest BCUT2D eigenvalue weighted by molar-refractivity contribution is 7.68. The summed E-state index contributed by atoms with van der Waals surface area (Å²) >= 11 is 1.44. The average molecular weight is 378 g/mol. The highest BCUT2D eigenvalue weighted by Gasteiger charge is 2.38. The predicted octanol–water partition coefficient (Wildman–Crippen LogP) is 5.55. The van der Waals surface area contributed by atoms with Crippen molar-refractivity contribution in [3.63, 3.8) is 0 Å². The Morgan fingerprint density at radius 3 is 2.68 bits per heavy atom. The van der Waals surface area contributed by atoms with Crippen LogP contribution in [0.15, 0.2) is 41.9 Å². The Hall–Kier alpha value is -1.16. The lowest BCUT2D eigenvalue weighted by atomic mass is 9.75. The van der Waals surface area contributed by atoms with E-state index in [1.807, 2.05) is 35.7 Å². The van der Waals surface area contributed by atoms with Crippen molar-refractivity contribution in [2.75, 3.05) is 5.09 Å². The van der Waals surface area contributed by atoms with Gasteiger partial charge in [0.2, 0.25) is 0 Å². The second kappa shape index (κ2) is 8.03. The molecular formula is C19H27N2O2PS. The van der Waals surface area contributed by atoms with Crippen molar-refractivity contribution in [1.29, 1.82) is 0 Å². The van der Waals surface area contributed by atoms with Crippen LogP contribution in [0.3, 0.4) is 0 Å². The number of benzene rings is 1. The van der Waals surface area contributed by atoms with Crippen LogP contribution >= 0.6 is 18.9 Å². The molecule has 1 heterocycles. The zero-order valence-corrected chi connectivity index (χ0v) is 16.8. The van der Waals surface area contributed by atoms with Crippen molar-refractivity contribution in [1.82, 2.24) is 4.98 Å². The fourth-order valence-corrected chi connectivity index (χ4v) is 6.35. The summed E-state index contributed by atoms with van der Waals surface area (Å²) < 4.78 is 20.3. The molecule has 6 heteroatoms. The maximum Gasteiger partial charge on any atom is 0.326 e. The molecule has 4 nitrogen and oxygen atoms in total.